The molecule has 27 heavy (non-hydrogen) atoms. The van der Waals surface area contributed by atoms with Gasteiger partial charge < -0.3 is 29.2 Å². The molecule has 2 aliphatic heterocycles. The normalized spacial score (nSPS) is 50.0. The highest BCUT2D eigenvalue weighted by molar-refractivity contribution is 5.67. The Morgan fingerprint density at radius 3 is 2.52 bits per heavy atom. The monoisotopic (exact) mass is 382 g/mol. The second-order valence-electron chi connectivity index (χ2n) is 8.45. The standard InChI is InChI=1S/C19H26O8/c1-9-5-13-18(6-12(9)22,7-24-10(2)20)17(4)15(26-11(3)21)14(23)16(27-13)19(17)8-25-19/h5,12-16,22-23H,6-8H2,1-4H3/t12-,13+,14+,15+,16+,17-,18+,19-/m0/s1. The third kappa shape index (κ3) is 2.24. The van der Waals surface area contributed by atoms with Crippen molar-refractivity contribution in [2.75, 3.05) is 13.2 Å². The summed E-state index contributed by atoms with van der Waals surface area (Å²) in [4.78, 5) is 23.4. The summed E-state index contributed by atoms with van der Waals surface area (Å²) in [5, 5.41) is 21.6. The van der Waals surface area contributed by atoms with E-state index in [0.29, 0.717) is 6.61 Å². The number of epoxide rings is 1. The van der Waals surface area contributed by atoms with Crippen LogP contribution in [0.15, 0.2) is 11.6 Å². The minimum Gasteiger partial charge on any atom is -0.465 e. The van der Waals surface area contributed by atoms with Gasteiger partial charge in [0.2, 0.25) is 0 Å². The van der Waals surface area contributed by atoms with Crippen LogP contribution in [-0.2, 0) is 28.5 Å². The topological polar surface area (TPSA) is 115 Å². The Kier molecular flexibility index (Phi) is 4.03. The van der Waals surface area contributed by atoms with Crippen LogP contribution in [0.3, 0.4) is 0 Å². The van der Waals surface area contributed by atoms with Crippen LogP contribution in [0.5, 0.6) is 0 Å². The molecule has 3 fully saturated rings. The molecule has 1 spiro atoms. The molecule has 4 rings (SSSR count). The average Bonchev–Trinajstić information content (AvgIpc) is 3.36. The molecule has 2 N–H and O–H groups in total. The molecule has 8 nitrogen and oxygen atoms in total. The fraction of sp³-hybridized carbons (Fsp3) is 0.789. The number of carbonyl (C=O) groups is 2. The quantitative estimate of drug-likeness (QED) is 0.401. The highest BCUT2D eigenvalue weighted by atomic mass is 16.7. The van der Waals surface area contributed by atoms with Gasteiger partial charge >= 0.3 is 11.9 Å². The minimum absolute atomic E-state index is 0.0351. The van der Waals surface area contributed by atoms with Gasteiger partial charge in [-0.05, 0) is 18.9 Å². The van der Waals surface area contributed by atoms with E-state index in [2.05, 4.69) is 0 Å². The van der Waals surface area contributed by atoms with E-state index in [1.54, 1.807) is 0 Å². The molecule has 2 heterocycles. The van der Waals surface area contributed by atoms with Crippen LogP contribution in [0.1, 0.15) is 34.1 Å². The largest absolute Gasteiger partial charge is 0.465 e. The van der Waals surface area contributed by atoms with E-state index < -0.39 is 58.9 Å². The molecule has 0 radical (unpaired) electrons. The van der Waals surface area contributed by atoms with Crippen molar-refractivity contribution in [3.63, 3.8) is 0 Å². The molecule has 8 atom stereocenters. The number of fused-ring (bicyclic) bond motifs is 2. The van der Waals surface area contributed by atoms with Gasteiger partial charge in [0.25, 0.3) is 0 Å². The molecule has 0 aromatic heterocycles. The summed E-state index contributed by atoms with van der Waals surface area (Å²) in [6, 6.07) is 0. The van der Waals surface area contributed by atoms with E-state index in [1.165, 1.54) is 13.8 Å². The zero-order valence-electron chi connectivity index (χ0n) is 15.9. The summed E-state index contributed by atoms with van der Waals surface area (Å²) < 4.78 is 23.1. The molecule has 2 bridgehead atoms. The molecular weight excluding hydrogens is 356 g/mol. The lowest BCUT2D eigenvalue weighted by Crippen LogP contribution is -2.67. The SMILES string of the molecule is CC(=O)OC[C@]12C[C@H](O)C(C)=C[C@H]1O[C@@H]1[C@H](O)[C@@H](OC(C)=O)[C@]2(C)[C@]12CO2. The van der Waals surface area contributed by atoms with Crippen molar-refractivity contribution >= 4 is 11.9 Å². The van der Waals surface area contributed by atoms with Crippen LogP contribution < -0.4 is 0 Å². The Hall–Kier alpha value is -1.48. The molecule has 0 aromatic carbocycles. The molecule has 0 unspecified atom stereocenters. The zero-order valence-corrected chi connectivity index (χ0v) is 15.9. The second kappa shape index (κ2) is 5.76. The van der Waals surface area contributed by atoms with Gasteiger partial charge in [-0.2, -0.15) is 0 Å². The van der Waals surface area contributed by atoms with Crippen molar-refractivity contribution in [1.82, 2.24) is 0 Å². The van der Waals surface area contributed by atoms with Crippen LogP contribution >= 0.6 is 0 Å². The second-order valence-corrected chi connectivity index (χ2v) is 8.45. The third-order valence-corrected chi connectivity index (χ3v) is 7.18. The van der Waals surface area contributed by atoms with Crippen molar-refractivity contribution in [2.24, 2.45) is 10.8 Å². The lowest BCUT2D eigenvalue weighted by atomic mass is 9.51. The van der Waals surface area contributed by atoms with Gasteiger partial charge in [-0.25, -0.2) is 0 Å². The highest BCUT2D eigenvalue weighted by Gasteiger charge is 2.86. The van der Waals surface area contributed by atoms with Gasteiger partial charge in [0, 0.05) is 19.3 Å². The summed E-state index contributed by atoms with van der Waals surface area (Å²) in [5.74, 6) is -0.978. The van der Waals surface area contributed by atoms with Crippen molar-refractivity contribution in [1.29, 1.82) is 0 Å². The first-order valence-corrected chi connectivity index (χ1v) is 9.23. The Labute approximate surface area is 157 Å². The van der Waals surface area contributed by atoms with E-state index in [4.69, 9.17) is 18.9 Å². The number of hydrogen-bond acceptors (Lipinski definition) is 8. The fourth-order valence-electron chi connectivity index (χ4n) is 5.60. The fourth-order valence-corrected chi connectivity index (χ4v) is 5.60. The Balaban J connectivity index is 1.88. The highest BCUT2D eigenvalue weighted by Crippen LogP contribution is 2.72. The number of rotatable bonds is 3. The van der Waals surface area contributed by atoms with Crippen molar-refractivity contribution in [3.8, 4) is 0 Å². The van der Waals surface area contributed by atoms with Gasteiger partial charge in [0.15, 0.2) is 0 Å². The third-order valence-electron chi connectivity index (χ3n) is 7.18. The maximum absolute atomic E-state index is 11.8. The van der Waals surface area contributed by atoms with Gasteiger partial charge in [-0.3, -0.25) is 9.59 Å². The molecule has 4 aliphatic rings. The van der Waals surface area contributed by atoms with Gasteiger partial charge in [0.1, 0.15) is 30.5 Å². The molecule has 2 aliphatic carbocycles. The lowest BCUT2D eigenvalue weighted by molar-refractivity contribution is -0.239. The van der Waals surface area contributed by atoms with E-state index in [1.807, 2.05) is 19.9 Å². The molecule has 8 heteroatoms. The predicted molar refractivity (Wildman–Crippen MR) is 90.5 cm³/mol. The van der Waals surface area contributed by atoms with Crippen LogP contribution in [0.25, 0.3) is 0 Å². The van der Waals surface area contributed by atoms with Crippen molar-refractivity contribution in [2.45, 2.75) is 70.2 Å². The number of aliphatic hydroxyl groups excluding tert-OH is 2. The Bertz CT molecular complexity index is 712. The molecule has 0 aromatic rings. The number of hydrogen-bond donors (Lipinski definition) is 2. The van der Waals surface area contributed by atoms with Crippen molar-refractivity contribution in [3.05, 3.63) is 11.6 Å². The first-order chi connectivity index (χ1) is 12.6. The Morgan fingerprint density at radius 1 is 1.30 bits per heavy atom. The minimum atomic E-state index is -1.08. The number of esters is 2. The van der Waals surface area contributed by atoms with Crippen LogP contribution in [-0.4, -0.2) is 71.5 Å². The summed E-state index contributed by atoms with van der Waals surface area (Å²) >= 11 is 0. The summed E-state index contributed by atoms with van der Waals surface area (Å²) in [7, 11) is 0. The van der Waals surface area contributed by atoms with E-state index in [-0.39, 0.29) is 13.0 Å². The number of carbonyl (C=O) groups excluding carboxylic acids is 2. The van der Waals surface area contributed by atoms with E-state index in [0.717, 1.165) is 5.57 Å². The van der Waals surface area contributed by atoms with Gasteiger partial charge in [0.05, 0.1) is 24.2 Å². The van der Waals surface area contributed by atoms with Crippen LogP contribution in [0.4, 0.5) is 0 Å². The number of ether oxygens (including phenoxy) is 4. The first-order valence-electron chi connectivity index (χ1n) is 9.23. The Morgan fingerprint density at radius 2 is 1.96 bits per heavy atom. The van der Waals surface area contributed by atoms with Crippen LogP contribution in [0, 0.1) is 10.8 Å². The van der Waals surface area contributed by atoms with Gasteiger partial charge in [-0.1, -0.05) is 13.0 Å². The molecule has 2 saturated heterocycles. The summed E-state index contributed by atoms with van der Waals surface area (Å²) in [5.41, 5.74) is -1.91. The summed E-state index contributed by atoms with van der Waals surface area (Å²) in [6.07, 6.45) is -1.86. The van der Waals surface area contributed by atoms with Crippen LogP contribution in [0.2, 0.25) is 0 Å². The summed E-state index contributed by atoms with van der Waals surface area (Å²) in [6.45, 7) is 6.61. The average molecular weight is 382 g/mol. The first kappa shape index (κ1) is 18.9. The maximum Gasteiger partial charge on any atom is 0.303 e. The predicted octanol–water partition coefficient (Wildman–Crippen LogP) is 0.0957. The molecular formula is C19H26O8. The molecule has 0 amide bonds. The zero-order chi connectivity index (χ0) is 19.8. The smallest absolute Gasteiger partial charge is 0.303 e. The van der Waals surface area contributed by atoms with Gasteiger partial charge in [-0.15, -0.1) is 0 Å². The van der Waals surface area contributed by atoms with Crippen molar-refractivity contribution < 1.29 is 38.7 Å². The molecule has 1 saturated carbocycles. The number of aliphatic hydroxyl groups is 2. The van der Waals surface area contributed by atoms with E-state index in [9.17, 15) is 19.8 Å². The lowest BCUT2D eigenvalue weighted by Gasteiger charge is -2.58. The van der Waals surface area contributed by atoms with E-state index >= 15 is 0 Å². The molecule has 150 valence electrons. The maximum atomic E-state index is 11.8.